The maximum absolute atomic E-state index is 13.1. The number of ether oxygens (including phenoxy) is 1. The van der Waals surface area contributed by atoms with E-state index in [-0.39, 0.29) is 24.5 Å². The second kappa shape index (κ2) is 10.2. The average Bonchev–Trinajstić information content (AvgIpc) is 3.36. The van der Waals surface area contributed by atoms with Crippen LogP contribution in [0.5, 0.6) is 5.75 Å². The van der Waals surface area contributed by atoms with Crippen molar-refractivity contribution >= 4 is 29.3 Å². The predicted molar refractivity (Wildman–Crippen MR) is 138 cm³/mol. The van der Waals surface area contributed by atoms with E-state index < -0.39 is 5.97 Å². The number of carbonyl (C=O) groups is 2. The zero-order valence-electron chi connectivity index (χ0n) is 20.1. The molecule has 2 unspecified atom stereocenters. The van der Waals surface area contributed by atoms with E-state index in [0.717, 1.165) is 41.9 Å². The first kappa shape index (κ1) is 23.6. The largest absolute Gasteiger partial charge is 0.486 e. The third-order valence-electron chi connectivity index (χ3n) is 6.66. The van der Waals surface area contributed by atoms with Gasteiger partial charge in [0.2, 0.25) is 5.95 Å². The smallest absolute Gasteiger partial charge is 0.326 e. The molecule has 186 valence electrons. The highest BCUT2D eigenvalue weighted by molar-refractivity contribution is 6.03. The molecule has 1 fully saturated rings. The van der Waals surface area contributed by atoms with Gasteiger partial charge < -0.3 is 20.1 Å². The second-order valence-electron chi connectivity index (χ2n) is 9.21. The summed E-state index contributed by atoms with van der Waals surface area (Å²) in [6.45, 7) is 3.91. The molecular weight excluding hydrogens is 458 g/mol. The fourth-order valence-corrected chi connectivity index (χ4v) is 4.71. The van der Waals surface area contributed by atoms with Crippen molar-refractivity contribution in [2.75, 3.05) is 34.8 Å². The number of nitrogens with zero attached hydrogens (tertiary/aromatic N) is 4. The van der Waals surface area contributed by atoms with E-state index in [2.05, 4.69) is 15.3 Å². The molecule has 2 aromatic carbocycles. The number of aromatic nitrogens is 2. The van der Waals surface area contributed by atoms with E-state index in [0.29, 0.717) is 24.8 Å². The molecule has 1 aromatic heterocycles. The van der Waals surface area contributed by atoms with Gasteiger partial charge in [-0.15, -0.1) is 0 Å². The molecule has 3 aromatic rings. The molecule has 3 heterocycles. The lowest BCUT2D eigenvalue weighted by Crippen LogP contribution is -2.45. The zero-order chi connectivity index (χ0) is 25.1. The van der Waals surface area contributed by atoms with Crippen molar-refractivity contribution in [1.29, 1.82) is 0 Å². The first-order valence-electron chi connectivity index (χ1n) is 12.2. The Morgan fingerprint density at radius 1 is 1.08 bits per heavy atom. The first-order valence-corrected chi connectivity index (χ1v) is 12.2. The maximum atomic E-state index is 13.1. The van der Waals surface area contributed by atoms with Gasteiger partial charge in [-0.25, -0.2) is 14.8 Å². The van der Waals surface area contributed by atoms with Gasteiger partial charge in [-0.2, -0.15) is 0 Å². The minimum absolute atomic E-state index is 0.109. The Kier molecular flexibility index (Phi) is 6.71. The fourth-order valence-electron chi connectivity index (χ4n) is 4.71. The standard InChI is InChI=1S/C27H29N5O4/c1-2-22-17-32(27(35)30-21-6-4-3-5-7-21)23-9-8-19(13-24(23)36-22)20-14-28-26(29-15-20)31-11-10-18(16-31)12-25(33)34/h3-9,13-15,18,22H,2,10-12,16-17H2,1H3,(H,30,35)(H,33,34). The van der Waals surface area contributed by atoms with Crippen LogP contribution in [-0.4, -0.2) is 52.8 Å². The number of carboxylic acid groups (broad SMARTS) is 1. The molecular formula is C27H29N5O4. The van der Waals surface area contributed by atoms with E-state index in [1.54, 1.807) is 17.3 Å². The molecule has 0 spiro atoms. The molecule has 0 radical (unpaired) electrons. The Morgan fingerprint density at radius 3 is 2.58 bits per heavy atom. The van der Waals surface area contributed by atoms with Gasteiger partial charge in [0, 0.05) is 43.2 Å². The molecule has 2 aliphatic rings. The van der Waals surface area contributed by atoms with E-state index in [9.17, 15) is 9.59 Å². The van der Waals surface area contributed by atoms with Gasteiger partial charge in [0.25, 0.3) is 0 Å². The normalized spacial score (nSPS) is 18.9. The van der Waals surface area contributed by atoms with Crippen molar-refractivity contribution in [3.63, 3.8) is 0 Å². The van der Waals surface area contributed by atoms with Gasteiger partial charge in [0.05, 0.1) is 12.2 Å². The highest BCUT2D eigenvalue weighted by Gasteiger charge is 2.30. The van der Waals surface area contributed by atoms with Crippen molar-refractivity contribution in [2.24, 2.45) is 5.92 Å². The number of para-hydroxylation sites is 1. The molecule has 2 N–H and O–H groups in total. The molecule has 2 aliphatic heterocycles. The Balaban J connectivity index is 1.34. The Hall–Kier alpha value is -4.14. The van der Waals surface area contributed by atoms with Crippen LogP contribution in [0.25, 0.3) is 11.1 Å². The molecule has 2 amide bonds. The maximum Gasteiger partial charge on any atom is 0.326 e. The van der Waals surface area contributed by atoms with E-state index in [1.165, 1.54) is 0 Å². The lowest BCUT2D eigenvalue weighted by molar-refractivity contribution is -0.137. The highest BCUT2D eigenvalue weighted by Crippen LogP contribution is 2.38. The van der Waals surface area contributed by atoms with Gasteiger partial charge in [-0.3, -0.25) is 9.69 Å². The number of hydrogen-bond donors (Lipinski definition) is 2. The van der Waals surface area contributed by atoms with Crippen molar-refractivity contribution in [3.05, 3.63) is 60.9 Å². The Morgan fingerprint density at radius 2 is 1.86 bits per heavy atom. The number of amides is 2. The van der Waals surface area contributed by atoms with E-state index in [4.69, 9.17) is 9.84 Å². The Labute approximate surface area is 209 Å². The number of rotatable bonds is 6. The molecule has 1 saturated heterocycles. The number of fused-ring (bicyclic) bond motifs is 1. The summed E-state index contributed by atoms with van der Waals surface area (Å²) < 4.78 is 6.20. The summed E-state index contributed by atoms with van der Waals surface area (Å²) in [6, 6.07) is 15.0. The summed E-state index contributed by atoms with van der Waals surface area (Å²) in [7, 11) is 0. The quantitative estimate of drug-likeness (QED) is 0.521. The van der Waals surface area contributed by atoms with Crippen molar-refractivity contribution in [3.8, 4) is 16.9 Å². The van der Waals surface area contributed by atoms with Crippen molar-refractivity contribution < 1.29 is 19.4 Å². The molecule has 0 aliphatic carbocycles. The summed E-state index contributed by atoms with van der Waals surface area (Å²) in [4.78, 5) is 36.9. The number of benzene rings is 2. The SMILES string of the molecule is CCC1CN(C(=O)Nc2ccccc2)c2ccc(-c3cnc(N4CCC(CC(=O)O)C4)nc3)cc2O1. The van der Waals surface area contributed by atoms with Crippen LogP contribution >= 0.6 is 0 Å². The number of urea groups is 1. The minimum atomic E-state index is -0.769. The van der Waals surface area contributed by atoms with Gasteiger partial charge in [0.1, 0.15) is 11.9 Å². The molecule has 2 atom stereocenters. The van der Waals surface area contributed by atoms with Crippen LogP contribution < -0.4 is 19.9 Å². The van der Waals surface area contributed by atoms with Gasteiger partial charge in [-0.1, -0.05) is 31.2 Å². The van der Waals surface area contributed by atoms with Crippen molar-refractivity contribution in [2.45, 2.75) is 32.3 Å². The number of carboxylic acids is 1. The topological polar surface area (TPSA) is 108 Å². The van der Waals surface area contributed by atoms with Crippen LogP contribution in [0.3, 0.4) is 0 Å². The van der Waals surface area contributed by atoms with E-state index in [1.807, 2.05) is 60.4 Å². The van der Waals surface area contributed by atoms with Gasteiger partial charge in [0.15, 0.2) is 0 Å². The zero-order valence-corrected chi connectivity index (χ0v) is 20.1. The first-order chi connectivity index (χ1) is 17.5. The lowest BCUT2D eigenvalue weighted by Gasteiger charge is -2.34. The molecule has 0 bridgehead atoms. The van der Waals surface area contributed by atoms with Crippen LogP contribution in [0.1, 0.15) is 26.2 Å². The second-order valence-corrected chi connectivity index (χ2v) is 9.21. The number of carbonyl (C=O) groups excluding carboxylic acids is 1. The monoisotopic (exact) mass is 487 g/mol. The minimum Gasteiger partial charge on any atom is -0.486 e. The third kappa shape index (κ3) is 5.10. The summed E-state index contributed by atoms with van der Waals surface area (Å²) in [5.41, 5.74) is 3.19. The van der Waals surface area contributed by atoms with Crippen LogP contribution in [0.2, 0.25) is 0 Å². The van der Waals surface area contributed by atoms with E-state index >= 15 is 0 Å². The molecule has 9 nitrogen and oxygen atoms in total. The summed E-state index contributed by atoms with van der Waals surface area (Å²) in [5.74, 6) is 0.607. The van der Waals surface area contributed by atoms with Crippen LogP contribution in [0, 0.1) is 5.92 Å². The molecule has 0 saturated carbocycles. The molecule has 9 heteroatoms. The summed E-state index contributed by atoms with van der Waals surface area (Å²) in [6.07, 6.45) is 5.20. The molecule has 5 rings (SSSR count). The Bertz CT molecular complexity index is 1230. The molecule has 36 heavy (non-hydrogen) atoms. The third-order valence-corrected chi connectivity index (χ3v) is 6.66. The lowest BCUT2D eigenvalue weighted by atomic mass is 10.1. The van der Waals surface area contributed by atoms with Crippen LogP contribution in [0.4, 0.5) is 22.1 Å². The van der Waals surface area contributed by atoms with Gasteiger partial charge >= 0.3 is 12.0 Å². The number of anilines is 3. The number of hydrogen-bond acceptors (Lipinski definition) is 6. The average molecular weight is 488 g/mol. The highest BCUT2D eigenvalue weighted by atomic mass is 16.5. The fraction of sp³-hybridized carbons (Fsp3) is 0.333. The summed E-state index contributed by atoms with van der Waals surface area (Å²) in [5, 5.41) is 12.0. The van der Waals surface area contributed by atoms with Crippen LogP contribution in [0.15, 0.2) is 60.9 Å². The summed E-state index contributed by atoms with van der Waals surface area (Å²) >= 11 is 0. The van der Waals surface area contributed by atoms with Gasteiger partial charge in [-0.05, 0) is 48.6 Å². The number of nitrogens with one attached hydrogen (secondary N) is 1. The number of aliphatic carboxylic acids is 1. The van der Waals surface area contributed by atoms with Crippen molar-refractivity contribution in [1.82, 2.24) is 9.97 Å². The van der Waals surface area contributed by atoms with Crippen LogP contribution in [-0.2, 0) is 4.79 Å². The predicted octanol–water partition coefficient (Wildman–Crippen LogP) is 4.65.